The van der Waals surface area contributed by atoms with Gasteiger partial charge in [0, 0.05) is 52.9 Å². The van der Waals surface area contributed by atoms with Crippen LogP contribution in [0.1, 0.15) is 77.3 Å². The summed E-state index contributed by atoms with van der Waals surface area (Å²) in [7, 11) is 0. The zero-order valence-corrected chi connectivity index (χ0v) is 29.4. The highest BCUT2D eigenvalue weighted by atomic mass is 16.5. The Morgan fingerprint density at radius 2 is 1.43 bits per heavy atom. The molecule has 49 heavy (non-hydrogen) atoms. The van der Waals surface area contributed by atoms with Crippen LogP contribution >= 0.6 is 0 Å². The summed E-state index contributed by atoms with van der Waals surface area (Å²) in [5.74, 6) is 3.10. The highest BCUT2D eigenvalue weighted by Crippen LogP contribution is 2.48. The molecule has 2 aromatic heterocycles. The van der Waals surface area contributed by atoms with Crippen molar-refractivity contribution in [3.63, 3.8) is 0 Å². The van der Waals surface area contributed by atoms with E-state index >= 15 is 0 Å². The molecule has 0 amide bonds. The average Bonchev–Trinajstić information content (AvgIpc) is 3.72. The van der Waals surface area contributed by atoms with E-state index in [0.717, 1.165) is 35.2 Å². The number of hydrogen-bond donors (Lipinski definition) is 0. The van der Waals surface area contributed by atoms with Crippen molar-refractivity contribution < 1.29 is 4.74 Å². The molecular weight excluding hydrogens is 601 g/mol. The van der Waals surface area contributed by atoms with Crippen LogP contribution in [0.2, 0.25) is 0 Å². The number of rotatable bonds is 6. The summed E-state index contributed by atoms with van der Waals surface area (Å²) < 4.78 is 9.19. The molecule has 0 saturated heterocycles. The molecule has 5 nitrogen and oxygen atoms in total. The molecule has 6 aromatic rings. The SMILES string of the molecule is CC1(C)CCC(c2cc(Oc3cccc(N4C=CN(c5ccccc5)C4)c3)cc3c2c2ccccc2n3-c2cc(C(C)(C)C)ccn2)CC1. The number of hydrogen-bond acceptors (Lipinski definition) is 4. The van der Waals surface area contributed by atoms with Crippen LogP contribution in [0.4, 0.5) is 11.4 Å². The lowest BCUT2D eigenvalue weighted by molar-refractivity contribution is 0.225. The maximum atomic E-state index is 6.84. The van der Waals surface area contributed by atoms with Gasteiger partial charge in [0.25, 0.3) is 0 Å². The van der Waals surface area contributed by atoms with Crippen LogP contribution in [0.15, 0.2) is 122 Å². The van der Waals surface area contributed by atoms with Crippen LogP contribution in [0.25, 0.3) is 27.6 Å². The Labute approximate surface area is 290 Å². The Kier molecular flexibility index (Phi) is 7.74. The van der Waals surface area contributed by atoms with Crippen molar-refractivity contribution in [1.82, 2.24) is 9.55 Å². The van der Waals surface area contributed by atoms with Gasteiger partial charge in [-0.1, -0.05) is 77.1 Å². The Morgan fingerprint density at radius 3 is 2.20 bits per heavy atom. The first-order valence-electron chi connectivity index (χ1n) is 17.7. The van der Waals surface area contributed by atoms with E-state index < -0.39 is 0 Å². The zero-order chi connectivity index (χ0) is 33.8. The lowest BCUT2D eigenvalue weighted by atomic mass is 9.71. The van der Waals surface area contributed by atoms with Crippen LogP contribution < -0.4 is 14.5 Å². The fourth-order valence-electron chi connectivity index (χ4n) is 7.68. The van der Waals surface area contributed by atoms with E-state index in [-0.39, 0.29) is 5.41 Å². The van der Waals surface area contributed by atoms with E-state index in [1.807, 2.05) is 6.20 Å². The predicted molar refractivity (Wildman–Crippen MR) is 204 cm³/mol. The normalized spacial score (nSPS) is 16.6. The van der Waals surface area contributed by atoms with Crippen LogP contribution in [-0.4, -0.2) is 16.2 Å². The van der Waals surface area contributed by atoms with Gasteiger partial charge in [0.2, 0.25) is 0 Å². The minimum absolute atomic E-state index is 0.0124. The van der Waals surface area contributed by atoms with Crippen LogP contribution in [0.5, 0.6) is 11.5 Å². The van der Waals surface area contributed by atoms with Crippen LogP contribution in [0, 0.1) is 5.41 Å². The number of ether oxygens (including phenoxy) is 1. The lowest BCUT2D eigenvalue weighted by Crippen LogP contribution is -2.24. The van der Waals surface area contributed by atoms with Gasteiger partial charge in [-0.25, -0.2) is 4.98 Å². The fraction of sp³-hybridized carbons (Fsp3) is 0.295. The minimum Gasteiger partial charge on any atom is -0.457 e. The molecule has 1 fully saturated rings. The van der Waals surface area contributed by atoms with E-state index in [1.54, 1.807) is 0 Å². The first-order valence-corrected chi connectivity index (χ1v) is 17.7. The summed E-state index contributed by atoms with van der Waals surface area (Å²) in [6.45, 7) is 12.4. The maximum Gasteiger partial charge on any atom is 0.137 e. The van der Waals surface area contributed by atoms with Crippen molar-refractivity contribution in [2.75, 3.05) is 16.5 Å². The average molecular weight is 647 g/mol. The lowest BCUT2D eigenvalue weighted by Gasteiger charge is -2.35. The minimum atomic E-state index is 0.0124. The highest BCUT2D eigenvalue weighted by Gasteiger charge is 2.30. The second kappa shape index (κ2) is 12.1. The van der Waals surface area contributed by atoms with E-state index in [0.29, 0.717) is 11.3 Å². The van der Waals surface area contributed by atoms with Crippen molar-refractivity contribution in [1.29, 1.82) is 0 Å². The molecule has 0 radical (unpaired) electrons. The second-order valence-corrected chi connectivity index (χ2v) is 15.7. The number of anilines is 2. The van der Waals surface area contributed by atoms with Crippen molar-refractivity contribution in [3.8, 4) is 17.3 Å². The summed E-state index contributed by atoms with van der Waals surface area (Å²) in [5.41, 5.74) is 7.66. The molecule has 5 heteroatoms. The van der Waals surface area contributed by atoms with Gasteiger partial charge in [-0.2, -0.15) is 0 Å². The van der Waals surface area contributed by atoms with E-state index in [2.05, 4.69) is 165 Å². The number of aromatic nitrogens is 2. The molecule has 0 N–H and O–H groups in total. The third kappa shape index (κ3) is 6.07. The monoisotopic (exact) mass is 646 g/mol. The van der Waals surface area contributed by atoms with Gasteiger partial charge in [0.15, 0.2) is 0 Å². The third-order valence-electron chi connectivity index (χ3n) is 10.6. The van der Waals surface area contributed by atoms with Crippen LogP contribution in [0.3, 0.4) is 0 Å². The van der Waals surface area contributed by atoms with Gasteiger partial charge >= 0.3 is 0 Å². The molecule has 1 aliphatic carbocycles. The van der Waals surface area contributed by atoms with E-state index in [9.17, 15) is 0 Å². The predicted octanol–water partition coefficient (Wildman–Crippen LogP) is 11.7. The summed E-state index contributed by atoms with van der Waals surface area (Å²) in [5, 5.41) is 2.60. The molecule has 0 atom stereocenters. The van der Waals surface area contributed by atoms with E-state index in [4.69, 9.17) is 9.72 Å². The zero-order valence-electron chi connectivity index (χ0n) is 29.4. The number of para-hydroxylation sites is 2. The summed E-state index contributed by atoms with van der Waals surface area (Å²) in [4.78, 5) is 9.47. The van der Waals surface area contributed by atoms with Gasteiger partial charge in [-0.05, 0) is 102 Å². The first kappa shape index (κ1) is 31.3. The maximum absolute atomic E-state index is 6.84. The first-order chi connectivity index (χ1) is 23.6. The topological polar surface area (TPSA) is 33.5 Å². The van der Waals surface area contributed by atoms with Gasteiger partial charge < -0.3 is 14.5 Å². The number of nitrogens with zero attached hydrogens (tertiary/aromatic N) is 4. The quantitative estimate of drug-likeness (QED) is 0.180. The molecule has 4 aromatic carbocycles. The molecule has 1 aliphatic heterocycles. The van der Waals surface area contributed by atoms with Gasteiger partial charge in [-0.15, -0.1) is 0 Å². The van der Waals surface area contributed by atoms with Crippen LogP contribution in [-0.2, 0) is 5.41 Å². The molecule has 1 saturated carbocycles. The number of benzene rings is 4. The van der Waals surface area contributed by atoms with Gasteiger partial charge in [0.1, 0.15) is 17.3 Å². The standard InChI is InChI=1S/C44H46N4O/c1-43(2,3)32-20-23-45-41(26-32)48-39-17-10-9-16-37(39)42-38(31-18-21-44(4,5)22-19-31)28-36(29-40(42)48)49-35-15-11-14-34(27-35)47-25-24-46(30-47)33-12-7-6-8-13-33/h6-17,20,23-29,31H,18-19,21-22,30H2,1-5H3. The molecule has 8 rings (SSSR count). The third-order valence-corrected chi connectivity index (χ3v) is 10.6. The highest BCUT2D eigenvalue weighted by molar-refractivity contribution is 6.11. The molecule has 3 heterocycles. The number of fused-ring (bicyclic) bond motifs is 3. The summed E-state index contributed by atoms with van der Waals surface area (Å²) in [6, 6.07) is 36.7. The Bertz CT molecular complexity index is 2160. The summed E-state index contributed by atoms with van der Waals surface area (Å²) in [6.07, 6.45) is 11.0. The van der Waals surface area contributed by atoms with Crippen molar-refractivity contribution in [2.24, 2.45) is 5.41 Å². The van der Waals surface area contributed by atoms with E-state index in [1.165, 1.54) is 58.8 Å². The summed E-state index contributed by atoms with van der Waals surface area (Å²) >= 11 is 0. The Balaban J connectivity index is 1.23. The van der Waals surface area contributed by atoms with Crippen molar-refractivity contribution in [2.45, 2.75) is 71.6 Å². The molecule has 0 bridgehead atoms. The Hall–Kier alpha value is -5.03. The van der Waals surface area contributed by atoms with Crippen molar-refractivity contribution >= 4 is 33.2 Å². The number of pyridine rings is 1. The second-order valence-electron chi connectivity index (χ2n) is 15.7. The largest absolute Gasteiger partial charge is 0.457 e. The fourth-order valence-corrected chi connectivity index (χ4v) is 7.68. The molecule has 2 aliphatic rings. The van der Waals surface area contributed by atoms with Gasteiger partial charge in [0.05, 0.1) is 17.7 Å². The van der Waals surface area contributed by atoms with Crippen molar-refractivity contribution in [3.05, 3.63) is 133 Å². The molecule has 248 valence electrons. The van der Waals surface area contributed by atoms with Gasteiger partial charge in [-0.3, -0.25) is 4.57 Å². The molecule has 0 unspecified atom stereocenters. The Morgan fingerprint density at radius 1 is 0.714 bits per heavy atom. The molecular formula is C44H46N4O. The smallest absolute Gasteiger partial charge is 0.137 e. The molecule has 0 spiro atoms.